The van der Waals surface area contributed by atoms with Crippen LogP contribution in [0.4, 0.5) is 0 Å². The number of hydrogen-bond acceptors (Lipinski definition) is 4. The monoisotopic (exact) mass is 302 g/mol. The van der Waals surface area contributed by atoms with Crippen LogP contribution in [0.25, 0.3) is 0 Å². The van der Waals surface area contributed by atoms with Crippen LogP contribution < -0.4 is 0 Å². The molecule has 0 N–H and O–H groups in total. The van der Waals surface area contributed by atoms with Gasteiger partial charge in [-0.15, -0.1) is 0 Å². The van der Waals surface area contributed by atoms with Gasteiger partial charge in [-0.2, -0.15) is 21.3 Å². The molecule has 7 heteroatoms. The Morgan fingerprint density at radius 3 is 2.61 bits per heavy atom. The number of halogens is 1. The third-order valence-corrected chi connectivity index (χ3v) is 5.97. The maximum atomic E-state index is 12.4. The van der Waals surface area contributed by atoms with E-state index in [2.05, 4.69) is 0 Å². The van der Waals surface area contributed by atoms with Gasteiger partial charge in [0.25, 0.3) is 0 Å². The van der Waals surface area contributed by atoms with Crippen LogP contribution in [-0.4, -0.2) is 37.3 Å². The Morgan fingerprint density at radius 2 is 2.00 bits per heavy atom. The lowest BCUT2D eigenvalue weighted by molar-refractivity contribution is 0.443. The Kier molecular flexibility index (Phi) is 4.17. The molecule has 0 unspecified atom stereocenters. The average Bonchev–Trinajstić information content (AvgIpc) is 2.40. The van der Waals surface area contributed by atoms with Crippen molar-refractivity contribution in [3.63, 3.8) is 0 Å². The van der Waals surface area contributed by atoms with Crippen LogP contribution >= 0.6 is 23.4 Å². The molecule has 0 amide bonds. The van der Waals surface area contributed by atoms with Crippen molar-refractivity contribution in [3.8, 4) is 6.07 Å². The molecule has 1 aliphatic heterocycles. The summed E-state index contributed by atoms with van der Waals surface area (Å²) in [7, 11) is -3.59. The molecule has 1 heterocycles. The van der Waals surface area contributed by atoms with Crippen LogP contribution in [0.3, 0.4) is 0 Å². The minimum Gasteiger partial charge on any atom is -0.207 e. The molecule has 1 saturated heterocycles. The van der Waals surface area contributed by atoms with Gasteiger partial charge in [0.05, 0.1) is 16.7 Å². The molecule has 0 aliphatic carbocycles. The molecular formula is C11H11ClN2O2S2. The maximum Gasteiger partial charge on any atom is 0.244 e. The lowest BCUT2D eigenvalue weighted by Gasteiger charge is -2.26. The van der Waals surface area contributed by atoms with Crippen molar-refractivity contribution in [3.05, 3.63) is 28.8 Å². The van der Waals surface area contributed by atoms with Gasteiger partial charge >= 0.3 is 0 Å². The Morgan fingerprint density at radius 1 is 1.33 bits per heavy atom. The van der Waals surface area contributed by atoms with E-state index in [1.165, 1.54) is 22.5 Å². The highest BCUT2D eigenvalue weighted by Crippen LogP contribution is 2.27. The summed E-state index contributed by atoms with van der Waals surface area (Å²) < 4.78 is 26.2. The number of rotatable bonds is 2. The number of thioether (sulfide) groups is 1. The number of benzene rings is 1. The first kappa shape index (κ1) is 13.7. The van der Waals surface area contributed by atoms with E-state index in [9.17, 15) is 8.42 Å². The smallest absolute Gasteiger partial charge is 0.207 e. The summed E-state index contributed by atoms with van der Waals surface area (Å²) >= 11 is 7.67. The Hall–Kier alpha value is -0.740. The van der Waals surface area contributed by atoms with Gasteiger partial charge in [0.2, 0.25) is 10.0 Å². The quantitative estimate of drug-likeness (QED) is 0.838. The highest BCUT2D eigenvalue weighted by molar-refractivity contribution is 7.99. The summed E-state index contributed by atoms with van der Waals surface area (Å²) in [5.74, 6) is 1.57. The first-order valence-corrected chi connectivity index (χ1v) is 8.30. The van der Waals surface area contributed by atoms with E-state index in [0.717, 1.165) is 11.5 Å². The third kappa shape index (κ3) is 2.64. The molecule has 1 aliphatic rings. The molecule has 0 saturated carbocycles. The molecule has 1 fully saturated rings. The van der Waals surface area contributed by atoms with Gasteiger partial charge in [0.1, 0.15) is 4.90 Å². The summed E-state index contributed by atoms with van der Waals surface area (Å²) in [5, 5.41) is 8.98. The van der Waals surface area contributed by atoms with Gasteiger partial charge in [-0.3, -0.25) is 0 Å². The van der Waals surface area contributed by atoms with Gasteiger partial charge in [-0.05, 0) is 18.2 Å². The van der Waals surface area contributed by atoms with E-state index in [-0.39, 0.29) is 9.92 Å². The molecule has 0 radical (unpaired) electrons. The second-order valence-corrected chi connectivity index (χ2v) is 7.31. The molecule has 0 spiro atoms. The molecule has 0 aromatic heterocycles. The first-order chi connectivity index (χ1) is 8.55. The molecule has 96 valence electrons. The van der Waals surface area contributed by atoms with Crippen molar-refractivity contribution >= 4 is 33.4 Å². The zero-order valence-corrected chi connectivity index (χ0v) is 11.9. The van der Waals surface area contributed by atoms with E-state index >= 15 is 0 Å². The first-order valence-electron chi connectivity index (χ1n) is 5.33. The normalized spacial score (nSPS) is 17.3. The zero-order chi connectivity index (χ0) is 13.2. The van der Waals surface area contributed by atoms with E-state index in [4.69, 9.17) is 16.9 Å². The fourth-order valence-corrected chi connectivity index (χ4v) is 4.77. The largest absolute Gasteiger partial charge is 0.244 e. The summed E-state index contributed by atoms with van der Waals surface area (Å²) in [4.78, 5) is 0.0233. The van der Waals surface area contributed by atoms with Gasteiger partial charge in [-0.1, -0.05) is 11.6 Å². The molecule has 4 nitrogen and oxygen atoms in total. The molecule has 1 aromatic rings. The minimum absolute atomic E-state index is 0.0233. The second-order valence-electron chi connectivity index (χ2n) is 3.77. The Bertz CT molecular complexity index is 590. The summed E-state index contributed by atoms with van der Waals surface area (Å²) in [6.07, 6.45) is 0. The van der Waals surface area contributed by atoms with E-state index < -0.39 is 10.0 Å². The van der Waals surface area contributed by atoms with Gasteiger partial charge in [-0.25, -0.2) is 8.42 Å². The molecule has 1 aromatic carbocycles. The summed E-state index contributed by atoms with van der Waals surface area (Å²) in [5.41, 5.74) is 0.296. The standard InChI is InChI=1S/C11H11ClN2O2S2/c12-10-2-1-9(8-13)7-11(10)18(15,16)14-3-5-17-6-4-14/h1-2,7H,3-6H2. The highest BCUT2D eigenvalue weighted by atomic mass is 35.5. The van der Waals surface area contributed by atoms with Crippen molar-refractivity contribution in [2.75, 3.05) is 24.6 Å². The third-order valence-electron chi connectivity index (χ3n) is 2.65. The molecule has 0 atom stereocenters. The summed E-state index contributed by atoms with van der Waals surface area (Å²) in [6.45, 7) is 0.972. The van der Waals surface area contributed by atoms with E-state index in [0.29, 0.717) is 18.7 Å². The van der Waals surface area contributed by atoms with E-state index in [1.807, 2.05) is 6.07 Å². The van der Waals surface area contributed by atoms with E-state index in [1.54, 1.807) is 11.8 Å². The lowest BCUT2D eigenvalue weighted by atomic mass is 10.2. The van der Waals surface area contributed by atoms with Crippen molar-refractivity contribution in [1.29, 1.82) is 5.26 Å². The number of nitrogens with zero attached hydrogens (tertiary/aromatic N) is 2. The predicted molar refractivity (Wildman–Crippen MR) is 72.3 cm³/mol. The Labute approximate surface area is 116 Å². The maximum absolute atomic E-state index is 12.4. The van der Waals surface area contributed by atoms with Crippen LogP contribution in [0.2, 0.25) is 5.02 Å². The van der Waals surface area contributed by atoms with Crippen LogP contribution in [0.1, 0.15) is 5.56 Å². The van der Waals surface area contributed by atoms with Crippen LogP contribution in [-0.2, 0) is 10.0 Å². The van der Waals surface area contributed by atoms with Gasteiger partial charge in [0, 0.05) is 24.6 Å². The fraction of sp³-hybridized carbons (Fsp3) is 0.364. The molecule has 0 bridgehead atoms. The summed E-state index contributed by atoms with van der Waals surface area (Å²) in [6, 6.07) is 6.21. The van der Waals surface area contributed by atoms with Gasteiger partial charge in [0.15, 0.2) is 0 Å². The van der Waals surface area contributed by atoms with Crippen molar-refractivity contribution in [1.82, 2.24) is 4.31 Å². The molecule has 18 heavy (non-hydrogen) atoms. The number of hydrogen-bond donors (Lipinski definition) is 0. The van der Waals surface area contributed by atoms with Crippen molar-refractivity contribution in [2.45, 2.75) is 4.90 Å². The van der Waals surface area contributed by atoms with Crippen LogP contribution in [0.15, 0.2) is 23.1 Å². The van der Waals surface area contributed by atoms with Crippen molar-refractivity contribution < 1.29 is 8.42 Å². The molecule has 2 rings (SSSR count). The topological polar surface area (TPSA) is 61.2 Å². The highest BCUT2D eigenvalue weighted by Gasteiger charge is 2.28. The lowest BCUT2D eigenvalue weighted by Crippen LogP contribution is -2.38. The fourth-order valence-electron chi connectivity index (χ4n) is 1.70. The molecular weight excluding hydrogens is 292 g/mol. The van der Waals surface area contributed by atoms with Crippen molar-refractivity contribution in [2.24, 2.45) is 0 Å². The Balaban J connectivity index is 2.43. The zero-order valence-electron chi connectivity index (χ0n) is 9.47. The number of sulfonamides is 1. The minimum atomic E-state index is -3.59. The van der Waals surface area contributed by atoms with Crippen LogP contribution in [0, 0.1) is 11.3 Å². The number of nitriles is 1. The predicted octanol–water partition coefficient (Wildman–Crippen LogP) is 1.95. The van der Waals surface area contributed by atoms with Crippen LogP contribution in [0.5, 0.6) is 0 Å². The average molecular weight is 303 g/mol. The SMILES string of the molecule is N#Cc1ccc(Cl)c(S(=O)(=O)N2CCSCC2)c1. The van der Waals surface area contributed by atoms with Gasteiger partial charge < -0.3 is 0 Å². The second kappa shape index (κ2) is 5.49.